The first-order valence-electron chi connectivity index (χ1n) is 6.42. The summed E-state index contributed by atoms with van der Waals surface area (Å²) in [6.07, 6.45) is 2.60. The van der Waals surface area contributed by atoms with E-state index in [0.717, 1.165) is 25.1 Å². The zero-order valence-corrected chi connectivity index (χ0v) is 11.2. The van der Waals surface area contributed by atoms with Crippen LogP contribution in [0.2, 0.25) is 0 Å². The summed E-state index contributed by atoms with van der Waals surface area (Å²) in [5, 5.41) is 0. The summed E-state index contributed by atoms with van der Waals surface area (Å²) in [4.78, 5) is 19.2. The van der Waals surface area contributed by atoms with Gasteiger partial charge in [0.15, 0.2) is 5.54 Å². The minimum absolute atomic E-state index is 0.131. The van der Waals surface area contributed by atoms with Gasteiger partial charge in [-0.15, -0.1) is 0 Å². The summed E-state index contributed by atoms with van der Waals surface area (Å²) >= 11 is 0. The van der Waals surface area contributed by atoms with Crippen molar-refractivity contribution in [1.29, 1.82) is 0 Å². The lowest BCUT2D eigenvalue weighted by molar-refractivity contribution is -0.134. The molecule has 2 aliphatic rings. The number of ether oxygens (including phenoxy) is 1. The quantitative estimate of drug-likeness (QED) is 0.738. The van der Waals surface area contributed by atoms with Gasteiger partial charge >= 0.3 is 0 Å². The second-order valence-electron chi connectivity index (χ2n) is 5.92. The molecule has 1 unspecified atom stereocenters. The molecular formula is C13H22N2O2. The topological polar surface area (TPSA) is 41.9 Å². The number of carbonyl (C=O) groups excluding carboxylic acids is 1. The molecule has 0 N–H and O–H groups in total. The third-order valence-corrected chi connectivity index (χ3v) is 3.35. The van der Waals surface area contributed by atoms with Crippen LogP contribution in [0, 0.1) is 0 Å². The minimum Gasteiger partial charge on any atom is -0.378 e. The van der Waals surface area contributed by atoms with Crippen LogP contribution >= 0.6 is 0 Å². The van der Waals surface area contributed by atoms with Crippen molar-refractivity contribution >= 4 is 11.7 Å². The average molecular weight is 238 g/mol. The Balaban J connectivity index is 2.34. The first-order valence-corrected chi connectivity index (χ1v) is 6.42. The number of hydrogen-bond donors (Lipinski definition) is 0. The predicted molar refractivity (Wildman–Crippen MR) is 67.1 cm³/mol. The molecule has 1 saturated heterocycles. The molecule has 0 radical (unpaired) electrons. The van der Waals surface area contributed by atoms with Gasteiger partial charge < -0.3 is 4.74 Å². The first-order chi connectivity index (χ1) is 7.91. The first kappa shape index (κ1) is 12.6. The lowest BCUT2D eigenvalue weighted by Gasteiger charge is -2.34. The van der Waals surface area contributed by atoms with Crippen molar-refractivity contribution in [1.82, 2.24) is 4.90 Å². The van der Waals surface area contributed by atoms with E-state index in [9.17, 15) is 4.79 Å². The van der Waals surface area contributed by atoms with E-state index in [4.69, 9.17) is 9.73 Å². The Bertz CT molecular complexity index is 349. The van der Waals surface area contributed by atoms with Crippen molar-refractivity contribution < 1.29 is 9.53 Å². The highest BCUT2D eigenvalue weighted by atomic mass is 16.5. The normalized spacial score (nSPS) is 29.3. The number of hydrogen-bond acceptors (Lipinski definition) is 3. The van der Waals surface area contributed by atoms with Gasteiger partial charge in [-0.1, -0.05) is 6.92 Å². The standard InChI is InChI=1S/C13H22N2O2/c1-5-6-10-14-13(7-8-17-9-13)11(16)15(10)12(2,3)4/h5-9H2,1-4H3. The lowest BCUT2D eigenvalue weighted by Crippen LogP contribution is -2.51. The molecular weight excluding hydrogens is 216 g/mol. The van der Waals surface area contributed by atoms with Crippen molar-refractivity contribution in [2.24, 2.45) is 4.99 Å². The number of amidine groups is 1. The van der Waals surface area contributed by atoms with Gasteiger partial charge in [0.2, 0.25) is 0 Å². The molecule has 0 aromatic rings. The Morgan fingerprint density at radius 3 is 2.65 bits per heavy atom. The summed E-state index contributed by atoms with van der Waals surface area (Å²) < 4.78 is 5.39. The van der Waals surface area contributed by atoms with E-state index >= 15 is 0 Å². The van der Waals surface area contributed by atoms with E-state index in [0.29, 0.717) is 13.2 Å². The zero-order chi connectivity index (χ0) is 12.7. The van der Waals surface area contributed by atoms with Gasteiger partial charge in [0, 0.05) is 25.0 Å². The van der Waals surface area contributed by atoms with E-state index in [2.05, 4.69) is 27.7 Å². The van der Waals surface area contributed by atoms with Crippen molar-refractivity contribution in [3.8, 4) is 0 Å². The van der Waals surface area contributed by atoms with Gasteiger partial charge in [0.25, 0.3) is 5.91 Å². The molecule has 2 heterocycles. The highest BCUT2D eigenvalue weighted by molar-refractivity contribution is 6.09. The van der Waals surface area contributed by atoms with Crippen molar-refractivity contribution in [3.05, 3.63) is 0 Å². The summed E-state index contributed by atoms with van der Waals surface area (Å²) in [6, 6.07) is 0. The third-order valence-electron chi connectivity index (χ3n) is 3.35. The van der Waals surface area contributed by atoms with E-state index < -0.39 is 5.54 Å². The molecule has 17 heavy (non-hydrogen) atoms. The van der Waals surface area contributed by atoms with E-state index in [-0.39, 0.29) is 11.4 Å². The van der Waals surface area contributed by atoms with Crippen molar-refractivity contribution in [2.45, 2.75) is 58.0 Å². The molecule has 2 rings (SSSR count). The molecule has 0 saturated carbocycles. The molecule has 1 fully saturated rings. The third kappa shape index (κ3) is 1.99. The Hall–Kier alpha value is -0.900. The van der Waals surface area contributed by atoms with Gasteiger partial charge in [-0.25, -0.2) is 0 Å². The number of rotatable bonds is 2. The van der Waals surface area contributed by atoms with Gasteiger partial charge in [0.1, 0.15) is 5.84 Å². The molecule has 0 aliphatic carbocycles. The highest BCUT2D eigenvalue weighted by Gasteiger charge is 2.52. The molecule has 1 spiro atoms. The molecule has 4 heteroatoms. The smallest absolute Gasteiger partial charge is 0.258 e. The molecule has 0 bridgehead atoms. The van der Waals surface area contributed by atoms with Crippen LogP contribution in [0.25, 0.3) is 0 Å². The molecule has 1 atom stereocenters. The fourth-order valence-corrected chi connectivity index (χ4v) is 2.56. The van der Waals surface area contributed by atoms with Crippen LogP contribution in [0.5, 0.6) is 0 Å². The number of nitrogens with zero attached hydrogens (tertiary/aromatic N) is 2. The number of amides is 1. The number of carbonyl (C=O) groups is 1. The van der Waals surface area contributed by atoms with Crippen LogP contribution in [0.1, 0.15) is 47.0 Å². The van der Waals surface area contributed by atoms with Gasteiger partial charge in [-0.2, -0.15) is 0 Å². The fourth-order valence-electron chi connectivity index (χ4n) is 2.56. The van der Waals surface area contributed by atoms with Crippen LogP contribution in [0.15, 0.2) is 4.99 Å². The Morgan fingerprint density at radius 2 is 2.18 bits per heavy atom. The highest BCUT2D eigenvalue weighted by Crippen LogP contribution is 2.35. The Morgan fingerprint density at radius 1 is 1.47 bits per heavy atom. The average Bonchev–Trinajstić information content (AvgIpc) is 2.75. The lowest BCUT2D eigenvalue weighted by atomic mass is 9.96. The van der Waals surface area contributed by atoms with Gasteiger partial charge in [0.05, 0.1) is 6.61 Å². The Labute approximate surface area is 103 Å². The second-order valence-corrected chi connectivity index (χ2v) is 5.92. The van der Waals surface area contributed by atoms with Gasteiger partial charge in [-0.05, 0) is 27.2 Å². The summed E-state index contributed by atoms with van der Waals surface area (Å²) in [7, 11) is 0. The maximum Gasteiger partial charge on any atom is 0.258 e. The molecule has 96 valence electrons. The summed E-state index contributed by atoms with van der Waals surface area (Å²) in [6.45, 7) is 9.39. The summed E-state index contributed by atoms with van der Waals surface area (Å²) in [5.41, 5.74) is -0.797. The molecule has 0 aromatic carbocycles. The molecule has 0 aromatic heterocycles. The van der Waals surface area contributed by atoms with Crippen LogP contribution in [-0.2, 0) is 9.53 Å². The van der Waals surface area contributed by atoms with Crippen molar-refractivity contribution in [2.75, 3.05) is 13.2 Å². The minimum atomic E-state index is -0.599. The molecule has 4 nitrogen and oxygen atoms in total. The SMILES string of the molecule is CCCC1=NC2(CCOC2)C(=O)N1C(C)(C)C. The largest absolute Gasteiger partial charge is 0.378 e. The van der Waals surface area contributed by atoms with E-state index in [1.165, 1.54) is 0 Å². The molecule has 2 aliphatic heterocycles. The van der Waals surface area contributed by atoms with Crippen LogP contribution in [-0.4, -0.2) is 40.9 Å². The van der Waals surface area contributed by atoms with Crippen LogP contribution in [0.4, 0.5) is 0 Å². The summed E-state index contributed by atoms with van der Waals surface area (Å²) in [5.74, 6) is 1.07. The van der Waals surface area contributed by atoms with E-state index in [1.807, 2.05) is 4.90 Å². The predicted octanol–water partition coefficient (Wildman–Crippen LogP) is 1.98. The zero-order valence-electron chi connectivity index (χ0n) is 11.2. The van der Waals surface area contributed by atoms with E-state index in [1.54, 1.807) is 0 Å². The fraction of sp³-hybridized carbons (Fsp3) is 0.846. The van der Waals surface area contributed by atoms with Crippen LogP contribution < -0.4 is 0 Å². The maximum absolute atomic E-state index is 12.6. The maximum atomic E-state index is 12.6. The Kier molecular flexibility index (Phi) is 3.02. The van der Waals surface area contributed by atoms with Gasteiger partial charge in [-0.3, -0.25) is 14.7 Å². The van der Waals surface area contributed by atoms with Crippen molar-refractivity contribution in [3.63, 3.8) is 0 Å². The monoisotopic (exact) mass is 238 g/mol. The molecule has 1 amide bonds. The second kappa shape index (κ2) is 4.09. The van der Waals surface area contributed by atoms with Crippen LogP contribution in [0.3, 0.4) is 0 Å². The number of aliphatic imine (C=N–C) groups is 1.